The van der Waals surface area contributed by atoms with Crippen LogP contribution in [-0.4, -0.2) is 33.1 Å². The molecule has 0 aliphatic carbocycles. The maximum atomic E-state index is 13.7. The van der Waals surface area contributed by atoms with Gasteiger partial charge in [-0.3, -0.25) is 4.79 Å². The third-order valence-corrected chi connectivity index (χ3v) is 7.34. The van der Waals surface area contributed by atoms with Crippen LogP contribution in [0.3, 0.4) is 0 Å². The average Bonchev–Trinajstić information content (AvgIpc) is 3.29. The minimum atomic E-state index is -0.469. The fourth-order valence-corrected chi connectivity index (χ4v) is 5.54. The van der Waals surface area contributed by atoms with Gasteiger partial charge in [-0.05, 0) is 49.6 Å². The number of anilines is 1. The summed E-state index contributed by atoms with van der Waals surface area (Å²) in [4.78, 5) is 13.7. The number of benzene rings is 3. The first-order valence-electron chi connectivity index (χ1n) is 11.4. The molecule has 1 aliphatic rings. The number of amides is 1. The smallest absolute Gasteiger partial charge is 0.240 e. The molecule has 4 aromatic rings. The molecule has 35 heavy (non-hydrogen) atoms. The molecule has 0 saturated heterocycles. The minimum Gasteiger partial charge on any atom is -0.497 e. The van der Waals surface area contributed by atoms with Crippen molar-refractivity contribution >= 4 is 23.4 Å². The predicted molar refractivity (Wildman–Crippen MR) is 139 cm³/mol. The molecule has 0 fully saturated rings. The fraction of sp³-hybridized carbons (Fsp3) is 0.222. The van der Waals surface area contributed by atoms with Gasteiger partial charge < -0.3 is 15.5 Å². The fourth-order valence-electron chi connectivity index (χ4n) is 4.46. The van der Waals surface area contributed by atoms with Crippen LogP contribution in [0, 0.1) is 20.8 Å². The van der Waals surface area contributed by atoms with Crippen LogP contribution in [-0.2, 0) is 4.79 Å². The van der Waals surface area contributed by atoms with Crippen molar-refractivity contribution in [1.82, 2.24) is 14.9 Å². The van der Waals surface area contributed by atoms with Crippen molar-refractivity contribution in [2.45, 2.75) is 37.2 Å². The Bertz CT molecular complexity index is 1350. The quantitative estimate of drug-likeness (QED) is 0.401. The van der Waals surface area contributed by atoms with Crippen LogP contribution >= 0.6 is 11.8 Å². The van der Waals surface area contributed by atoms with Gasteiger partial charge in [0.05, 0.1) is 13.2 Å². The zero-order chi connectivity index (χ0) is 24.5. The van der Waals surface area contributed by atoms with E-state index in [0.717, 1.165) is 33.7 Å². The number of carbonyl (C=O) groups excluding carboxylic acids is 1. The van der Waals surface area contributed by atoms with Crippen molar-refractivity contribution in [3.63, 3.8) is 0 Å². The van der Waals surface area contributed by atoms with Crippen molar-refractivity contribution in [2.75, 3.05) is 17.9 Å². The lowest BCUT2D eigenvalue weighted by Crippen LogP contribution is -2.41. The van der Waals surface area contributed by atoms with Gasteiger partial charge in [-0.1, -0.05) is 71.9 Å². The molecule has 2 N–H and O–H groups in total. The number of ether oxygens (including phenoxy) is 1. The number of hydrogen-bond donors (Lipinski definition) is 2. The molecule has 7 nitrogen and oxygen atoms in total. The van der Waals surface area contributed by atoms with Crippen LogP contribution in [0.15, 0.2) is 71.9 Å². The van der Waals surface area contributed by atoms with Gasteiger partial charge in [0.25, 0.3) is 0 Å². The number of fused-ring (bicyclic) bond motifs is 1. The molecular formula is C27H27N5O2S. The lowest BCUT2D eigenvalue weighted by atomic mass is 10.0. The van der Waals surface area contributed by atoms with E-state index in [0.29, 0.717) is 11.0 Å². The summed E-state index contributed by atoms with van der Waals surface area (Å²) in [5.41, 5.74) is 9.54. The summed E-state index contributed by atoms with van der Waals surface area (Å²) in [7, 11) is 1.64. The summed E-state index contributed by atoms with van der Waals surface area (Å²) < 4.78 is 7.21. The summed E-state index contributed by atoms with van der Waals surface area (Å²) in [6.45, 7) is 6.10. The molecule has 2 atom stereocenters. The summed E-state index contributed by atoms with van der Waals surface area (Å²) in [6.07, 6.45) is 0. The third-order valence-electron chi connectivity index (χ3n) is 6.13. The zero-order valence-electron chi connectivity index (χ0n) is 20.1. The van der Waals surface area contributed by atoms with Crippen LogP contribution in [0.2, 0.25) is 0 Å². The highest BCUT2D eigenvalue weighted by atomic mass is 32.2. The van der Waals surface area contributed by atoms with E-state index in [-0.39, 0.29) is 11.9 Å². The number of aromatic nitrogens is 3. The monoisotopic (exact) mass is 485 g/mol. The molecule has 0 spiro atoms. The molecule has 5 rings (SSSR count). The first-order chi connectivity index (χ1) is 16.9. The number of rotatable bonds is 5. The maximum absolute atomic E-state index is 13.7. The van der Waals surface area contributed by atoms with Gasteiger partial charge in [-0.2, -0.15) is 0 Å². The molecule has 1 amide bonds. The van der Waals surface area contributed by atoms with Crippen LogP contribution < -0.4 is 15.5 Å². The van der Waals surface area contributed by atoms with Crippen molar-refractivity contribution in [1.29, 1.82) is 0 Å². The van der Waals surface area contributed by atoms with Crippen molar-refractivity contribution in [3.8, 4) is 17.1 Å². The second kappa shape index (κ2) is 9.46. The van der Waals surface area contributed by atoms with Gasteiger partial charge in [0.2, 0.25) is 11.1 Å². The Balaban J connectivity index is 1.52. The standard InChI is InChI=1S/C27H27N5O2S/c1-16-14-17(2)22(18(3)15-16)28-26(33)24-23(19-10-12-21(34-4)13-11-19)31-32-25(29-30-27(32)35-24)20-8-6-5-7-9-20/h5-15,23-24,31H,1-4H3,(H,28,33). The van der Waals surface area contributed by atoms with Gasteiger partial charge in [0.1, 0.15) is 11.0 Å². The SMILES string of the molecule is COc1ccc(C2Nn3c(nnc3-c3ccccc3)SC2C(=O)Nc2c(C)cc(C)cc2C)cc1. The van der Waals surface area contributed by atoms with E-state index in [1.54, 1.807) is 7.11 Å². The van der Waals surface area contributed by atoms with E-state index in [1.165, 1.54) is 17.3 Å². The minimum absolute atomic E-state index is 0.0890. The van der Waals surface area contributed by atoms with Gasteiger partial charge in [-0.15, -0.1) is 10.2 Å². The normalized spacial score (nSPS) is 16.8. The number of aryl methyl sites for hydroxylation is 3. The molecule has 2 unspecified atom stereocenters. The number of carbonyl (C=O) groups is 1. The van der Waals surface area contributed by atoms with Crippen LogP contribution in [0.1, 0.15) is 28.3 Å². The highest BCUT2D eigenvalue weighted by Crippen LogP contribution is 2.39. The van der Waals surface area contributed by atoms with Gasteiger partial charge >= 0.3 is 0 Å². The molecule has 2 heterocycles. The number of hydrogen-bond acceptors (Lipinski definition) is 6. The highest BCUT2D eigenvalue weighted by molar-refractivity contribution is 8.00. The molecule has 178 valence electrons. The zero-order valence-corrected chi connectivity index (χ0v) is 20.9. The van der Waals surface area contributed by atoms with Crippen LogP contribution in [0.25, 0.3) is 11.4 Å². The number of nitrogens with one attached hydrogen (secondary N) is 2. The lowest BCUT2D eigenvalue weighted by molar-refractivity contribution is -0.116. The van der Waals surface area contributed by atoms with E-state index < -0.39 is 5.25 Å². The van der Waals surface area contributed by atoms with E-state index in [1.807, 2.05) is 73.1 Å². The van der Waals surface area contributed by atoms with Crippen molar-refractivity contribution < 1.29 is 9.53 Å². The molecule has 0 radical (unpaired) electrons. The Morgan fingerprint density at radius 2 is 1.69 bits per heavy atom. The van der Waals surface area contributed by atoms with Crippen LogP contribution in [0.4, 0.5) is 5.69 Å². The van der Waals surface area contributed by atoms with E-state index in [9.17, 15) is 4.79 Å². The van der Waals surface area contributed by atoms with E-state index >= 15 is 0 Å². The highest BCUT2D eigenvalue weighted by Gasteiger charge is 2.38. The Morgan fingerprint density at radius 3 is 2.34 bits per heavy atom. The first kappa shape index (κ1) is 23.0. The van der Waals surface area contributed by atoms with Crippen molar-refractivity contribution in [2.24, 2.45) is 0 Å². The molecule has 0 saturated carbocycles. The lowest BCUT2D eigenvalue weighted by Gasteiger charge is -2.33. The Hall–Kier alpha value is -3.78. The van der Waals surface area contributed by atoms with E-state index in [2.05, 4.69) is 40.0 Å². The molecule has 0 bridgehead atoms. The third kappa shape index (κ3) is 4.49. The predicted octanol–water partition coefficient (Wildman–Crippen LogP) is 5.28. The summed E-state index contributed by atoms with van der Waals surface area (Å²) in [5, 5.41) is 12.2. The molecular weight excluding hydrogens is 458 g/mol. The molecule has 1 aromatic heterocycles. The molecule has 8 heteroatoms. The van der Waals surface area contributed by atoms with Gasteiger partial charge in [-0.25, -0.2) is 4.68 Å². The van der Waals surface area contributed by atoms with Crippen LogP contribution in [0.5, 0.6) is 5.75 Å². The Kier molecular flexibility index (Phi) is 6.21. The van der Waals surface area contributed by atoms with Gasteiger partial charge in [0, 0.05) is 11.3 Å². The Labute approximate surface area is 208 Å². The summed E-state index contributed by atoms with van der Waals surface area (Å²) in [5.74, 6) is 1.38. The maximum Gasteiger partial charge on any atom is 0.240 e. The second-order valence-electron chi connectivity index (χ2n) is 8.69. The summed E-state index contributed by atoms with van der Waals surface area (Å²) >= 11 is 1.41. The first-order valence-corrected chi connectivity index (χ1v) is 12.3. The number of methoxy groups -OCH3 is 1. The Morgan fingerprint density at radius 1 is 1.00 bits per heavy atom. The summed E-state index contributed by atoms with van der Waals surface area (Å²) in [6, 6.07) is 21.5. The van der Waals surface area contributed by atoms with Crippen molar-refractivity contribution in [3.05, 3.63) is 89.0 Å². The molecule has 1 aliphatic heterocycles. The molecule has 3 aromatic carbocycles. The van der Waals surface area contributed by atoms with E-state index in [4.69, 9.17) is 4.74 Å². The topological polar surface area (TPSA) is 81.1 Å². The second-order valence-corrected chi connectivity index (χ2v) is 9.80. The average molecular weight is 486 g/mol. The van der Waals surface area contributed by atoms with Gasteiger partial charge in [0.15, 0.2) is 5.82 Å². The number of thioether (sulfide) groups is 1. The number of nitrogens with zero attached hydrogens (tertiary/aromatic N) is 3. The largest absolute Gasteiger partial charge is 0.497 e.